The molecule has 0 radical (unpaired) electrons. The summed E-state index contributed by atoms with van der Waals surface area (Å²) in [5.74, 6) is 1.66. The van der Waals surface area contributed by atoms with Gasteiger partial charge in [0, 0.05) is 36.6 Å². The second kappa shape index (κ2) is 6.98. The number of carbonyl (C=O) groups excluding carboxylic acids is 1. The van der Waals surface area contributed by atoms with Gasteiger partial charge in [0.1, 0.15) is 0 Å². The molecule has 7 heteroatoms. The maximum atomic E-state index is 12.5. The molecule has 1 atom stereocenters. The lowest BCUT2D eigenvalue weighted by molar-refractivity contribution is 0.173. The Labute approximate surface area is 141 Å². The molecular formula is C17H23N5O2. The minimum atomic E-state index is -0.0635. The molecule has 7 nitrogen and oxygen atoms in total. The average molecular weight is 329 g/mol. The highest BCUT2D eigenvalue weighted by atomic mass is 16.5. The highest BCUT2D eigenvalue weighted by Crippen LogP contribution is 2.21. The molecule has 0 aromatic carbocycles. The van der Waals surface area contributed by atoms with Crippen LogP contribution < -0.4 is 5.32 Å². The van der Waals surface area contributed by atoms with Crippen molar-refractivity contribution in [2.45, 2.75) is 40.0 Å². The fraction of sp³-hybridized carbons (Fsp3) is 0.529. The molecule has 2 amide bonds. The number of hydrogen-bond acceptors (Lipinski definition) is 5. The van der Waals surface area contributed by atoms with Crippen LogP contribution in [0, 0.1) is 26.7 Å². The molecule has 0 bridgehead atoms. The third kappa shape index (κ3) is 4.10. The Hall–Kier alpha value is -2.44. The van der Waals surface area contributed by atoms with E-state index in [1.165, 1.54) is 0 Å². The summed E-state index contributed by atoms with van der Waals surface area (Å²) in [5, 5.41) is 6.80. The van der Waals surface area contributed by atoms with Crippen molar-refractivity contribution in [1.82, 2.24) is 20.0 Å². The summed E-state index contributed by atoms with van der Waals surface area (Å²) in [6.45, 7) is 7.13. The van der Waals surface area contributed by atoms with Crippen molar-refractivity contribution in [3.8, 4) is 0 Å². The zero-order valence-electron chi connectivity index (χ0n) is 14.4. The molecule has 1 N–H and O–H groups in total. The lowest BCUT2D eigenvalue weighted by Gasteiger charge is -2.32. The molecule has 0 spiro atoms. The Morgan fingerprint density at radius 3 is 2.71 bits per heavy atom. The molecule has 1 fully saturated rings. The molecule has 128 valence electrons. The van der Waals surface area contributed by atoms with E-state index in [4.69, 9.17) is 4.52 Å². The molecule has 1 saturated heterocycles. The first-order chi connectivity index (χ1) is 11.5. The van der Waals surface area contributed by atoms with Crippen molar-refractivity contribution in [3.05, 3.63) is 35.2 Å². The minimum Gasteiger partial charge on any atom is -0.339 e. The first-order valence-electron chi connectivity index (χ1n) is 8.30. The molecule has 2 aromatic rings. The van der Waals surface area contributed by atoms with Gasteiger partial charge in [-0.1, -0.05) is 5.16 Å². The van der Waals surface area contributed by atoms with E-state index in [1.807, 2.05) is 37.8 Å². The summed E-state index contributed by atoms with van der Waals surface area (Å²) in [6, 6.07) is 3.70. The highest BCUT2D eigenvalue weighted by Gasteiger charge is 2.25. The van der Waals surface area contributed by atoms with Crippen molar-refractivity contribution in [2.24, 2.45) is 5.92 Å². The quantitative estimate of drug-likeness (QED) is 0.936. The summed E-state index contributed by atoms with van der Waals surface area (Å²) in [7, 11) is 0. The SMILES string of the molecule is Cc1cc(NC(=O)N2CCCC(Cc3nc(C)no3)C2)cc(C)n1. The van der Waals surface area contributed by atoms with Gasteiger partial charge in [-0.3, -0.25) is 4.98 Å². The Morgan fingerprint density at radius 2 is 2.04 bits per heavy atom. The van der Waals surface area contributed by atoms with Gasteiger partial charge >= 0.3 is 6.03 Å². The Kier molecular flexibility index (Phi) is 4.78. The standard InChI is InChI=1S/C17H23N5O2/c1-11-7-15(8-12(2)18-11)20-17(23)22-6-4-5-14(10-22)9-16-19-13(3)21-24-16/h7-8,14H,4-6,9-10H2,1-3H3,(H,18,20,23). The molecule has 1 unspecified atom stereocenters. The Balaban J connectivity index is 1.60. The number of nitrogens with zero attached hydrogens (tertiary/aromatic N) is 4. The Bertz CT molecular complexity index is 707. The number of carbonyl (C=O) groups is 1. The molecule has 3 rings (SSSR count). The van der Waals surface area contributed by atoms with Gasteiger partial charge in [0.15, 0.2) is 5.82 Å². The van der Waals surface area contributed by atoms with Crippen molar-refractivity contribution in [2.75, 3.05) is 18.4 Å². The summed E-state index contributed by atoms with van der Waals surface area (Å²) in [4.78, 5) is 23.0. The van der Waals surface area contributed by atoms with E-state index in [0.717, 1.165) is 42.9 Å². The van der Waals surface area contributed by atoms with E-state index in [-0.39, 0.29) is 6.03 Å². The molecule has 2 aromatic heterocycles. The van der Waals surface area contributed by atoms with Crippen LogP contribution in [-0.2, 0) is 6.42 Å². The van der Waals surface area contributed by atoms with Crippen LogP contribution >= 0.6 is 0 Å². The molecule has 0 saturated carbocycles. The van der Waals surface area contributed by atoms with E-state index in [2.05, 4.69) is 20.4 Å². The maximum Gasteiger partial charge on any atom is 0.321 e. The predicted molar refractivity (Wildman–Crippen MR) is 89.8 cm³/mol. The van der Waals surface area contributed by atoms with Gasteiger partial charge in [-0.05, 0) is 51.7 Å². The first kappa shape index (κ1) is 16.4. The van der Waals surface area contributed by atoms with Gasteiger partial charge in [-0.25, -0.2) is 4.79 Å². The average Bonchev–Trinajstić information content (AvgIpc) is 2.91. The zero-order chi connectivity index (χ0) is 17.1. The number of piperidine rings is 1. The van der Waals surface area contributed by atoms with Crippen LogP contribution in [0.15, 0.2) is 16.7 Å². The van der Waals surface area contributed by atoms with E-state index in [0.29, 0.717) is 24.2 Å². The predicted octanol–water partition coefficient (Wildman–Crippen LogP) is 2.88. The number of aromatic nitrogens is 3. The largest absolute Gasteiger partial charge is 0.339 e. The first-order valence-corrected chi connectivity index (χ1v) is 8.30. The number of nitrogens with one attached hydrogen (secondary N) is 1. The van der Waals surface area contributed by atoms with Crippen LogP contribution in [0.5, 0.6) is 0 Å². The molecule has 3 heterocycles. The van der Waals surface area contributed by atoms with Crippen molar-refractivity contribution in [3.63, 3.8) is 0 Å². The van der Waals surface area contributed by atoms with Gasteiger partial charge in [-0.15, -0.1) is 0 Å². The highest BCUT2D eigenvalue weighted by molar-refractivity contribution is 5.89. The molecule has 1 aliphatic heterocycles. The molecule has 1 aliphatic rings. The summed E-state index contributed by atoms with van der Waals surface area (Å²) >= 11 is 0. The number of urea groups is 1. The van der Waals surface area contributed by atoms with Crippen LogP contribution in [0.4, 0.5) is 10.5 Å². The van der Waals surface area contributed by atoms with E-state index >= 15 is 0 Å². The van der Waals surface area contributed by atoms with Gasteiger partial charge in [0.25, 0.3) is 0 Å². The van der Waals surface area contributed by atoms with Gasteiger partial charge in [0.2, 0.25) is 5.89 Å². The van der Waals surface area contributed by atoms with Crippen molar-refractivity contribution < 1.29 is 9.32 Å². The van der Waals surface area contributed by atoms with E-state index < -0.39 is 0 Å². The van der Waals surface area contributed by atoms with Crippen LogP contribution in [0.1, 0.15) is 35.9 Å². The monoisotopic (exact) mass is 329 g/mol. The molecular weight excluding hydrogens is 306 g/mol. The lowest BCUT2D eigenvalue weighted by atomic mass is 9.95. The summed E-state index contributed by atoms with van der Waals surface area (Å²) < 4.78 is 5.20. The van der Waals surface area contributed by atoms with Crippen LogP contribution in [0.2, 0.25) is 0 Å². The third-order valence-electron chi connectivity index (χ3n) is 4.17. The summed E-state index contributed by atoms with van der Waals surface area (Å²) in [5.41, 5.74) is 2.59. The summed E-state index contributed by atoms with van der Waals surface area (Å²) in [6.07, 6.45) is 2.77. The zero-order valence-corrected chi connectivity index (χ0v) is 14.4. The molecule has 0 aliphatic carbocycles. The van der Waals surface area contributed by atoms with Gasteiger partial charge < -0.3 is 14.7 Å². The van der Waals surface area contributed by atoms with Crippen LogP contribution in [0.25, 0.3) is 0 Å². The minimum absolute atomic E-state index is 0.0635. The number of pyridine rings is 1. The maximum absolute atomic E-state index is 12.5. The number of anilines is 1. The normalized spacial score (nSPS) is 17.8. The van der Waals surface area contributed by atoms with Gasteiger partial charge in [0.05, 0.1) is 0 Å². The number of rotatable bonds is 3. The third-order valence-corrected chi connectivity index (χ3v) is 4.17. The second-order valence-electron chi connectivity index (χ2n) is 6.46. The number of amides is 2. The van der Waals surface area contributed by atoms with Crippen molar-refractivity contribution >= 4 is 11.7 Å². The van der Waals surface area contributed by atoms with E-state index in [1.54, 1.807) is 0 Å². The van der Waals surface area contributed by atoms with Gasteiger partial charge in [-0.2, -0.15) is 4.98 Å². The number of hydrogen-bond donors (Lipinski definition) is 1. The second-order valence-corrected chi connectivity index (χ2v) is 6.46. The number of likely N-dealkylation sites (tertiary alicyclic amines) is 1. The fourth-order valence-electron chi connectivity index (χ4n) is 3.20. The molecule has 24 heavy (non-hydrogen) atoms. The van der Waals surface area contributed by atoms with Crippen LogP contribution in [-0.4, -0.2) is 39.1 Å². The fourth-order valence-corrected chi connectivity index (χ4v) is 3.20. The smallest absolute Gasteiger partial charge is 0.321 e. The van der Waals surface area contributed by atoms with Crippen LogP contribution in [0.3, 0.4) is 0 Å². The number of aryl methyl sites for hydroxylation is 3. The Morgan fingerprint density at radius 1 is 1.29 bits per heavy atom. The van der Waals surface area contributed by atoms with Crippen molar-refractivity contribution in [1.29, 1.82) is 0 Å². The lowest BCUT2D eigenvalue weighted by Crippen LogP contribution is -2.42. The topological polar surface area (TPSA) is 84.2 Å². The van der Waals surface area contributed by atoms with E-state index in [9.17, 15) is 4.79 Å².